The summed E-state index contributed by atoms with van der Waals surface area (Å²) in [6.07, 6.45) is 8.84. The number of carbonyl (C=O) groups is 1. The molecule has 80 valence electrons. The third-order valence-electron chi connectivity index (χ3n) is 1.86. The minimum absolute atomic E-state index is 0.0946. The lowest BCUT2D eigenvalue weighted by Gasteiger charge is -2.03. The van der Waals surface area contributed by atoms with Crippen molar-refractivity contribution < 1.29 is 9.90 Å². The normalized spacial score (nSPS) is 16.3. The van der Waals surface area contributed by atoms with Crippen LogP contribution in [0.1, 0.15) is 33.6 Å². The van der Waals surface area contributed by atoms with E-state index in [4.69, 9.17) is 5.11 Å². The smallest absolute Gasteiger partial charge is 0.152 e. The van der Waals surface area contributed by atoms with Crippen molar-refractivity contribution in [3.05, 3.63) is 24.3 Å². The number of aliphatic hydroxyl groups excluding tert-OH is 1. The number of hydrogen-bond acceptors (Lipinski definition) is 2. The highest BCUT2D eigenvalue weighted by atomic mass is 16.3. The van der Waals surface area contributed by atoms with E-state index in [2.05, 4.69) is 6.92 Å². The molecule has 0 rings (SSSR count). The van der Waals surface area contributed by atoms with Gasteiger partial charge in [-0.1, -0.05) is 25.2 Å². The fourth-order valence-corrected chi connectivity index (χ4v) is 1.06. The summed E-state index contributed by atoms with van der Waals surface area (Å²) in [5.74, 6) is 0.540. The van der Waals surface area contributed by atoms with Gasteiger partial charge in [0.05, 0.1) is 6.10 Å². The maximum absolute atomic E-state index is 10.6. The number of ketones is 1. The Hall–Kier alpha value is -0.890. The van der Waals surface area contributed by atoms with Gasteiger partial charge in [0, 0.05) is 0 Å². The lowest BCUT2D eigenvalue weighted by Crippen LogP contribution is -1.95. The zero-order valence-corrected chi connectivity index (χ0v) is 9.23. The van der Waals surface area contributed by atoms with Crippen LogP contribution >= 0.6 is 0 Å². The molecule has 0 fully saturated rings. The molecule has 0 bridgehead atoms. The predicted molar refractivity (Wildman–Crippen MR) is 59.0 cm³/mol. The fourth-order valence-electron chi connectivity index (χ4n) is 1.06. The zero-order valence-electron chi connectivity index (χ0n) is 9.23. The maximum atomic E-state index is 10.6. The van der Waals surface area contributed by atoms with Gasteiger partial charge in [0.15, 0.2) is 5.78 Å². The third kappa shape index (κ3) is 9.20. The van der Waals surface area contributed by atoms with Gasteiger partial charge >= 0.3 is 0 Å². The molecule has 0 aliphatic rings. The van der Waals surface area contributed by atoms with Crippen molar-refractivity contribution in [2.24, 2.45) is 5.92 Å². The number of hydrogen-bond donors (Lipinski definition) is 1. The topological polar surface area (TPSA) is 37.3 Å². The molecule has 0 saturated carbocycles. The minimum atomic E-state index is -0.370. The summed E-state index contributed by atoms with van der Waals surface area (Å²) < 4.78 is 0. The molecule has 2 unspecified atom stereocenters. The average molecular weight is 196 g/mol. The molecule has 2 nitrogen and oxygen atoms in total. The molecule has 0 amide bonds. The van der Waals surface area contributed by atoms with Crippen LogP contribution in [0.2, 0.25) is 0 Å². The molecule has 2 atom stereocenters. The highest BCUT2D eigenvalue weighted by Gasteiger charge is 1.95. The molecule has 2 heteroatoms. The Balaban J connectivity index is 3.64. The van der Waals surface area contributed by atoms with E-state index in [9.17, 15) is 4.79 Å². The van der Waals surface area contributed by atoms with Crippen LogP contribution in [0.4, 0.5) is 0 Å². The van der Waals surface area contributed by atoms with Gasteiger partial charge in [-0.15, -0.1) is 0 Å². The van der Waals surface area contributed by atoms with Gasteiger partial charge in [0.1, 0.15) is 0 Å². The van der Waals surface area contributed by atoms with E-state index in [0.29, 0.717) is 5.92 Å². The molecule has 0 aliphatic carbocycles. The largest absolute Gasteiger partial charge is 0.389 e. The van der Waals surface area contributed by atoms with Gasteiger partial charge in [-0.05, 0) is 38.7 Å². The molecular weight excluding hydrogens is 176 g/mol. The van der Waals surface area contributed by atoms with E-state index in [-0.39, 0.29) is 11.9 Å². The Morgan fingerprint density at radius 1 is 1.36 bits per heavy atom. The van der Waals surface area contributed by atoms with Crippen molar-refractivity contribution in [3.63, 3.8) is 0 Å². The molecule has 0 saturated heterocycles. The first-order valence-electron chi connectivity index (χ1n) is 5.06. The van der Waals surface area contributed by atoms with Gasteiger partial charge in [0.2, 0.25) is 0 Å². The van der Waals surface area contributed by atoms with Crippen molar-refractivity contribution in [1.29, 1.82) is 0 Å². The third-order valence-corrected chi connectivity index (χ3v) is 1.86. The summed E-state index contributed by atoms with van der Waals surface area (Å²) in [5, 5.41) is 9.00. The number of carbonyl (C=O) groups excluding carboxylic acids is 1. The van der Waals surface area contributed by atoms with Gasteiger partial charge < -0.3 is 5.11 Å². The summed E-state index contributed by atoms with van der Waals surface area (Å²) in [7, 11) is 0. The van der Waals surface area contributed by atoms with Crippen LogP contribution in [0, 0.1) is 5.92 Å². The van der Waals surface area contributed by atoms with Gasteiger partial charge in [-0.2, -0.15) is 0 Å². The SMILES string of the molecule is CC(=O)/C=C/CCC(C)/C=C/C(C)O. The quantitative estimate of drug-likeness (QED) is 0.523. The summed E-state index contributed by atoms with van der Waals surface area (Å²) in [6.45, 7) is 5.38. The number of allylic oxidation sites excluding steroid dienone is 3. The second-order valence-corrected chi connectivity index (χ2v) is 3.69. The van der Waals surface area contributed by atoms with Crippen LogP contribution in [0.25, 0.3) is 0 Å². The lowest BCUT2D eigenvalue weighted by molar-refractivity contribution is -0.112. The van der Waals surface area contributed by atoms with Crippen LogP contribution in [0.5, 0.6) is 0 Å². The van der Waals surface area contributed by atoms with Crippen LogP contribution in [0.15, 0.2) is 24.3 Å². The van der Waals surface area contributed by atoms with Crippen LogP contribution < -0.4 is 0 Å². The Kier molecular flexibility index (Phi) is 7.03. The zero-order chi connectivity index (χ0) is 11.0. The first-order chi connectivity index (χ1) is 6.52. The van der Waals surface area contributed by atoms with Crippen LogP contribution in [0.3, 0.4) is 0 Å². The van der Waals surface area contributed by atoms with E-state index in [1.807, 2.05) is 12.2 Å². The van der Waals surface area contributed by atoms with Gasteiger partial charge in [-0.25, -0.2) is 0 Å². The maximum Gasteiger partial charge on any atom is 0.152 e. The molecule has 0 heterocycles. The standard InChI is InChI=1S/C12H20O2/c1-10(8-9-12(3)14)6-4-5-7-11(2)13/h5,7-10,12,14H,4,6H2,1-3H3/b7-5+,9-8+. The summed E-state index contributed by atoms with van der Waals surface area (Å²) in [6, 6.07) is 0. The Morgan fingerprint density at radius 2 is 2.00 bits per heavy atom. The Labute approximate surface area is 86.3 Å². The predicted octanol–water partition coefficient (Wildman–Crippen LogP) is 2.48. The van der Waals surface area contributed by atoms with E-state index in [0.717, 1.165) is 12.8 Å². The Morgan fingerprint density at radius 3 is 2.50 bits per heavy atom. The van der Waals surface area contributed by atoms with Crippen molar-refractivity contribution >= 4 is 5.78 Å². The summed E-state index contributed by atoms with van der Waals surface area (Å²) >= 11 is 0. The first kappa shape index (κ1) is 13.1. The Bertz CT molecular complexity index is 214. The highest BCUT2D eigenvalue weighted by Crippen LogP contribution is 2.08. The monoisotopic (exact) mass is 196 g/mol. The van der Waals surface area contributed by atoms with E-state index < -0.39 is 0 Å². The highest BCUT2D eigenvalue weighted by molar-refractivity contribution is 5.87. The van der Waals surface area contributed by atoms with E-state index >= 15 is 0 Å². The summed E-state index contributed by atoms with van der Waals surface area (Å²) in [5.41, 5.74) is 0. The minimum Gasteiger partial charge on any atom is -0.389 e. The second kappa shape index (κ2) is 7.51. The van der Waals surface area contributed by atoms with Crippen molar-refractivity contribution in [1.82, 2.24) is 0 Å². The molecule has 0 radical (unpaired) electrons. The molecule has 0 aromatic heterocycles. The van der Waals surface area contributed by atoms with Gasteiger partial charge in [-0.3, -0.25) is 4.79 Å². The van der Waals surface area contributed by atoms with Gasteiger partial charge in [0.25, 0.3) is 0 Å². The molecule has 0 aromatic rings. The van der Waals surface area contributed by atoms with E-state index in [1.54, 1.807) is 26.0 Å². The molecule has 0 spiro atoms. The average Bonchev–Trinajstić information content (AvgIpc) is 2.08. The molecule has 0 aliphatic heterocycles. The van der Waals surface area contributed by atoms with Crippen LogP contribution in [-0.2, 0) is 4.79 Å². The van der Waals surface area contributed by atoms with E-state index in [1.165, 1.54) is 0 Å². The molecule has 14 heavy (non-hydrogen) atoms. The molecule has 1 N–H and O–H groups in total. The summed E-state index contributed by atoms with van der Waals surface area (Å²) in [4.78, 5) is 10.6. The van der Waals surface area contributed by atoms with Crippen molar-refractivity contribution in [2.75, 3.05) is 0 Å². The van der Waals surface area contributed by atoms with Crippen molar-refractivity contribution in [3.8, 4) is 0 Å². The van der Waals surface area contributed by atoms with Crippen LogP contribution in [-0.4, -0.2) is 17.0 Å². The molecular formula is C12H20O2. The molecule has 0 aromatic carbocycles. The van der Waals surface area contributed by atoms with Crippen molar-refractivity contribution in [2.45, 2.75) is 39.7 Å². The first-order valence-corrected chi connectivity index (χ1v) is 5.06. The second-order valence-electron chi connectivity index (χ2n) is 3.69. The fraction of sp³-hybridized carbons (Fsp3) is 0.583. The number of aliphatic hydroxyl groups is 1. The lowest BCUT2D eigenvalue weighted by atomic mass is 10.0. The number of rotatable bonds is 6.